The number of fused-ring (bicyclic) bond motifs is 1. The quantitative estimate of drug-likeness (QED) is 0.735. The van der Waals surface area contributed by atoms with Gasteiger partial charge >= 0.3 is 5.97 Å². The minimum absolute atomic E-state index is 0.0118. The van der Waals surface area contributed by atoms with Crippen molar-refractivity contribution in [1.29, 1.82) is 0 Å². The molecule has 2 aliphatic rings. The molecule has 0 bridgehead atoms. The van der Waals surface area contributed by atoms with Gasteiger partial charge in [0.15, 0.2) is 18.4 Å². The first-order chi connectivity index (χ1) is 10.5. The number of aliphatic carboxylic acids is 1. The van der Waals surface area contributed by atoms with E-state index < -0.39 is 23.7 Å². The molecule has 1 aromatic carbocycles. The zero-order valence-corrected chi connectivity index (χ0v) is 13.2. The van der Waals surface area contributed by atoms with Crippen molar-refractivity contribution in [3.63, 3.8) is 0 Å². The van der Waals surface area contributed by atoms with E-state index in [-0.39, 0.29) is 35.9 Å². The van der Waals surface area contributed by atoms with E-state index in [9.17, 15) is 18.7 Å². The van der Waals surface area contributed by atoms with Crippen LogP contribution in [0.5, 0.6) is 0 Å². The molecule has 1 aromatic rings. The maximum atomic E-state index is 14.5. The molecule has 3 rings (SSSR count). The number of nitrogens with one attached hydrogen (secondary N) is 1. The van der Waals surface area contributed by atoms with Crippen LogP contribution in [0, 0.1) is 9.39 Å². The Morgan fingerprint density at radius 3 is 2.86 bits per heavy atom. The number of carboxylic acid groups (broad SMARTS) is 1. The summed E-state index contributed by atoms with van der Waals surface area (Å²) in [6, 6.07) is 4.30. The molecule has 1 heterocycles. The van der Waals surface area contributed by atoms with Crippen LogP contribution in [0.15, 0.2) is 41.1 Å². The summed E-state index contributed by atoms with van der Waals surface area (Å²) in [6.07, 6.45) is -0.801. The number of anilines is 1. The maximum absolute atomic E-state index is 14.5. The van der Waals surface area contributed by atoms with Gasteiger partial charge in [-0.3, -0.25) is 0 Å². The Morgan fingerprint density at radius 2 is 2.18 bits per heavy atom. The van der Waals surface area contributed by atoms with Gasteiger partial charge in [0, 0.05) is 9.99 Å². The first-order valence-corrected chi connectivity index (χ1v) is 7.38. The van der Waals surface area contributed by atoms with Crippen molar-refractivity contribution in [2.75, 3.05) is 12.1 Å². The maximum Gasteiger partial charge on any atom is 0.333 e. The molecule has 1 fully saturated rings. The van der Waals surface area contributed by atoms with Crippen LogP contribution in [0.1, 0.15) is 6.42 Å². The molecule has 0 saturated carbocycles. The highest BCUT2D eigenvalue weighted by Gasteiger charge is 2.38. The van der Waals surface area contributed by atoms with Crippen LogP contribution in [0.4, 0.5) is 14.5 Å². The Balaban J connectivity index is 2.03. The Labute approximate surface area is 137 Å². The second-order valence-electron chi connectivity index (χ2n) is 4.71. The normalized spacial score (nSPS) is 20.8. The highest BCUT2D eigenvalue weighted by molar-refractivity contribution is 14.1. The predicted molar refractivity (Wildman–Crippen MR) is 81.0 cm³/mol. The second-order valence-corrected chi connectivity index (χ2v) is 5.95. The van der Waals surface area contributed by atoms with E-state index in [2.05, 4.69) is 5.32 Å². The molecule has 1 aliphatic carbocycles. The Kier molecular flexibility index (Phi) is 4.04. The average Bonchev–Trinajstić information content (AvgIpc) is 2.92. The highest BCUT2D eigenvalue weighted by Crippen LogP contribution is 2.37. The number of benzene rings is 1. The van der Waals surface area contributed by atoms with Crippen LogP contribution >= 0.6 is 22.6 Å². The first-order valence-electron chi connectivity index (χ1n) is 6.30. The first kappa shape index (κ1) is 15.2. The summed E-state index contributed by atoms with van der Waals surface area (Å²) in [5.74, 6) is -2.83. The SMILES string of the molecule is O=C(O)C1=C(Nc2ccc(I)cc2F)C(F)=C2OCOC2C1. The summed E-state index contributed by atoms with van der Waals surface area (Å²) >= 11 is 1.94. The molecule has 5 nitrogen and oxygen atoms in total. The molecule has 0 spiro atoms. The molecular weight excluding hydrogens is 411 g/mol. The van der Waals surface area contributed by atoms with Gasteiger partial charge in [-0.1, -0.05) is 0 Å². The van der Waals surface area contributed by atoms with Gasteiger partial charge in [-0.2, -0.15) is 0 Å². The number of carbonyl (C=O) groups is 1. The summed E-state index contributed by atoms with van der Waals surface area (Å²) in [4.78, 5) is 11.3. The van der Waals surface area contributed by atoms with Crippen LogP contribution in [0.25, 0.3) is 0 Å². The highest BCUT2D eigenvalue weighted by atomic mass is 127. The van der Waals surface area contributed by atoms with Crippen LogP contribution in [0.3, 0.4) is 0 Å². The molecule has 22 heavy (non-hydrogen) atoms. The molecule has 0 amide bonds. The molecule has 2 N–H and O–H groups in total. The van der Waals surface area contributed by atoms with Crippen molar-refractivity contribution in [2.45, 2.75) is 12.5 Å². The second kappa shape index (κ2) is 5.84. The fourth-order valence-electron chi connectivity index (χ4n) is 2.30. The van der Waals surface area contributed by atoms with Gasteiger partial charge in [0.05, 0.1) is 17.0 Å². The average molecular weight is 421 g/mol. The minimum Gasteiger partial charge on any atom is -0.478 e. The Bertz CT molecular complexity index is 717. The number of halogens is 3. The van der Waals surface area contributed by atoms with Crippen molar-refractivity contribution < 1.29 is 28.2 Å². The van der Waals surface area contributed by atoms with Gasteiger partial charge in [0.2, 0.25) is 0 Å². The number of hydrogen-bond acceptors (Lipinski definition) is 4. The van der Waals surface area contributed by atoms with Crippen LogP contribution in [0.2, 0.25) is 0 Å². The van der Waals surface area contributed by atoms with E-state index in [0.29, 0.717) is 3.57 Å². The molecule has 1 atom stereocenters. The third-order valence-electron chi connectivity index (χ3n) is 3.35. The van der Waals surface area contributed by atoms with E-state index in [1.54, 1.807) is 6.07 Å². The molecule has 0 aromatic heterocycles. The van der Waals surface area contributed by atoms with E-state index in [4.69, 9.17) is 9.47 Å². The lowest BCUT2D eigenvalue weighted by Crippen LogP contribution is -2.24. The van der Waals surface area contributed by atoms with Gasteiger partial charge in [0.1, 0.15) is 11.9 Å². The summed E-state index contributed by atoms with van der Waals surface area (Å²) in [5.41, 5.74) is -0.527. The fourth-order valence-corrected chi connectivity index (χ4v) is 2.75. The summed E-state index contributed by atoms with van der Waals surface area (Å²) in [6.45, 7) is -0.133. The lowest BCUT2D eigenvalue weighted by Gasteiger charge is -2.21. The summed E-state index contributed by atoms with van der Waals surface area (Å²) in [7, 11) is 0. The smallest absolute Gasteiger partial charge is 0.333 e. The lowest BCUT2D eigenvalue weighted by atomic mass is 9.97. The van der Waals surface area contributed by atoms with Crippen molar-refractivity contribution in [2.24, 2.45) is 0 Å². The van der Waals surface area contributed by atoms with Crippen LogP contribution in [-0.2, 0) is 14.3 Å². The zero-order valence-electron chi connectivity index (χ0n) is 11.0. The summed E-state index contributed by atoms with van der Waals surface area (Å²) in [5, 5.41) is 11.8. The zero-order chi connectivity index (χ0) is 15.9. The van der Waals surface area contributed by atoms with E-state index in [1.807, 2.05) is 22.6 Å². The predicted octanol–water partition coefficient (Wildman–Crippen LogP) is 3.14. The van der Waals surface area contributed by atoms with E-state index in [1.165, 1.54) is 12.1 Å². The molecule has 116 valence electrons. The largest absolute Gasteiger partial charge is 0.478 e. The minimum atomic E-state index is -1.29. The van der Waals surface area contributed by atoms with Crippen LogP contribution < -0.4 is 5.32 Å². The van der Waals surface area contributed by atoms with E-state index in [0.717, 1.165) is 0 Å². The number of ether oxygens (including phenoxy) is 2. The molecule has 1 aliphatic heterocycles. The summed E-state index contributed by atoms with van der Waals surface area (Å²) < 4.78 is 39.2. The molecule has 0 radical (unpaired) electrons. The number of hydrogen-bond donors (Lipinski definition) is 2. The Morgan fingerprint density at radius 1 is 1.41 bits per heavy atom. The third kappa shape index (κ3) is 2.68. The number of rotatable bonds is 3. The van der Waals surface area contributed by atoms with E-state index >= 15 is 0 Å². The number of carboxylic acids is 1. The molecule has 1 unspecified atom stereocenters. The standard InChI is InChI=1S/C14H10F2INO4/c15-8-3-6(17)1-2-9(8)18-12-7(14(19)20)4-10-13(11(12)16)22-5-21-10/h1-3,10,18H,4-5H2,(H,19,20). The molecule has 8 heteroatoms. The van der Waals surface area contributed by atoms with Crippen molar-refractivity contribution in [3.8, 4) is 0 Å². The Hall–Kier alpha value is -1.68. The lowest BCUT2D eigenvalue weighted by molar-refractivity contribution is -0.133. The van der Waals surface area contributed by atoms with Crippen molar-refractivity contribution in [3.05, 3.63) is 50.4 Å². The number of allylic oxidation sites excluding steroid dienone is 1. The van der Waals surface area contributed by atoms with Gasteiger partial charge < -0.3 is 19.9 Å². The van der Waals surface area contributed by atoms with Gasteiger partial charge in [-0.25, -0.2) is 13.6 Å². The van der Waals surface area contributed by atoms with Gasteiger partial charge in [0.25, 0.3) is 0 Å². The van der Waals surface area contributed by atoms with Crippen molar-refractivity contribution in [1.82, 2.24) is 0 Å². The van der Waals surface area contributed by atoms with Crippen LogP contribution in [-0.4, -0.2) is 24.0 Å². The monoisotopic (exact) mass is 421 g/mol. The third-order valence-corrected chi connectivity index (χ3v) is 4.02. The molecular formula is C14H10F2INO4. The van der Waals surface area contributed by atoms with Crippen molar-refractivity contribution >= 4 is 34.2 Å². The topological polar surface area (TPSA) is 67.8 Å². The van der Waals surface area contributed by atoms with Gasteiger partial charge in [-0.15, -0.1) is 0 Å². The fraction of sp³-hybridized carbons (Fsp3) is 0.214. The van der Waals surface area contributed by atoms with Gasteiger partial charge in [-0.05, 0) is 40.8 Å². The molecule has 1 saturated heterocycles.